The average Bonchev–Trinajstić information content (AvgIpc) is 3.02. The molecule has 1 aromatic carbocycles. The Labute approximate surface area is 167 Å². The fourth-order valence-corrected chi connectivity index (χ4v) is 4.02. The van der Waals surface area contributed by atoms with E-state index >= 15 is 0 Å². The lowest BCUT2D eigenvalue weighted by atomic mass is 9.86. The predicted molar refractivity (Wildman–Crippen MR) is 112 cm³/mol. The topological polar surface area (TPSA) is 56.7 Å². The van der Waals surface area contributed by atoms with Gasteiger partial charge in [-0.3, -0.25) is 4.98 Å². The lowest BCUT2D eigenvalue weighted by Crippen LogP contribution is -2.29. The fraction of sp³-hybridized carbons (Fsp3) is 0.400. The van der Waals surface area contributed by atoms with Gasteiger partial charge in [0.15, 0.2) is 0 Å². The first kappa shape index (κ1) is 20.7. The van der Waals surface area contributed by atoms with E-state index in [0.29, 0.717) is 12.0 Å². The molecule has 0 amide bonds. The minimum Gasteiger partial charge on any atom is -0.331 e. The minimum absolute atomic E-state index is 0. The van der Waals surface area contributed by atoms with Crippen LogP contribution in [0.15, 0.2) is 42.9 Å². The molecule has 2 N–H and O–H groups in total. The van der Waals surface area contributed by atoms with Gasteiger partial charge in [-0.15, -0.1) is 24.8 Å². The summed E-state index contributed by atoms with van der Waals surface area (Å²) in [6.45, 7) is 3.15. The Bertz CT molecular complexity index is 862. The second kappa shape index (κ2) is 8.85. The number of nitrogens with two attached hydrogens (primary N) is 1. The van der Waals surface area contributed by atoms with E-state index in [1.807, 2.05) is 18.5 Å². The van der Waals surface area contributed by atoms with Crippen LogP contribution >= 0.6 is 24.8 Å². The highest BCUT2D eigenvalue weighted by Crippen LogP contribution is 2.32. The van der Waals surface area contributed by atoms with Crippen molar-refractivity contribution in [3.8, 4) is 11.4 Å². The van der Waals surface area contributed by atoms with Crippen LogP contribution in [0, 0.1) is 12.8 Å². The number of nitrogens with zero attached hydrogens (tertiary/aromatic N) is 3. The third-order valence-electron chi connectivity index (χ3n) is 5.21. The molecule has 4 nitrogen and oxygen atoms in total. The van der Waals surface area contributed by atoms with Crippen molar-refractivity contribution in [2.75, 3.05) is 0 Å². The van der Waals surface area contributed by atoms with Crippen LogP contribution in [0.1, 0.15) is 31.2 Å². The molecule has 0 spiro atoms. The standard InChI is InChI=1S/C20H24N4.2ClH/c1-14-7-8-18-17(6-3-9-22-18)19(14)20-23-10-11-24(20)13-15-4-2-5-16(21)12-15;;/h3,6-11,15-16H,2,4-5,12-13,21H2,1H3;2*1H/t15-,16+;;/m1../s1. The zero-order valence-corrected chi connectivity index (χ0v) is 16.6. The molecule has 0 radical (unpaired) electrons. The first-order valence-electron chi connectivity index (χ1n) is 8.84. The number of rotatable bonds is 3. The molecule has 0 unspecified atom stereocenters. The van der Waals surface area contributed by atoms with E-state index in [1.165, 1.54) is 35.8 Å². The number of benzene rings is 1. The number of pyridine rings is 1. The highest BCUT2D eigenvalue weighted by Gasteiger charge is 2.21. The van der Waals surface area contributed by atoms with E-state index in [-0.39, 0.29) is 24.8 Å². The molecule has 2 atom stereocenters. The minimum atomic E-state index is 0. The molecule has 2 aromatic heterocycles. The van der Waals surface area contributed by atoms with E-state index in [1.54, 1.807) is 0 Å². The highest BCUT2D eigenvalue weighted by atomic mass is 35.5. The van der Waals surface area contributed by atoms with Crippen molar-refractivity contribution < 1.29 is 0 Å². The van der Waals surface area contributed by atoms with Crippen LogP contribution < -0.4 is 5.73 Å². The van der Waals surface area contributed by atoms with E-state index < -0.39 is 0 Å². The van der Waals surface area contributed by atoms with Crippen molar-refractivity contribution in [3.63, 3.8) is 0 Å². The maximum Gasteiger partial charge on any atom is 0.140 e. The quantitative estimate of drug-likeness (QED) is 0.698. The van der Waals surface area contributed by atoms with Crippen molar-refractivity contribution >= 4 is 35.7 Å². The van der Waals surface area contributed by atoms with Crippen molar-refractivity contribution in [1.82, 2.24) is 14.5 Å². The molecule has 1 fully saturated rings. The molecule has 0 saturated heterocycles. The van der Waals surface area contributed by atoms with E-state index in [9.17, 15) is 0 Å². The van der Waals surface area contributed by atoms with E-state index in [0.717, 1.165) is 24.3 Å². The van der Waals surface area contributed by atoms with Crippen LogP contribution in [0.2, 0.25) is 0 Å². The number of imidazole rings is 1. The molecule has 1 aliphatic rings. The second-order valence-electron chi connectivity index (χ2n) is 7.02. The van der Waals surface area contributed by atoms with Gasteiger partial charge < -0.3 is 10.3 Å². The van der Waals surface area contributed by atoms with Gasteiger partial charge in [0.2, 0.25) is 0 Å². The molecule has 1 saturated carbocycles. The molecule has 0 aliphatic heterocycles. The Kier molecular flexibility index (Phi) is 7.04. The monoisotopic (exact) mass is 392 g/mol. The number of fused-ring (bicyclic) bond motifs is 1. The predicted octanol–water partition coefficient (Wildman–Crippen LogP) is 4.77. The summed E-state index contributed by atoms with van der Waals surface area (Å²) in [6, 6.07) is 8.72. The summed E-state index contributed by atoms with van der Waals surface area (Å²) in [5.41, 5.74) is 9.63. The normalized spacial score (nSPS) is 19.6. The van der Waals surface area contributed by atoms with E-state index in [4.69, 9.17) is 5.73 Å². The third kappa shape index (κ3) is 4.03. The Morgan fingerprint density at radius 1 is 1.12 bits per heavy atom. The molecule has 3 aromatic rings. The fourth-order valence-electron chi connectivity index (χ4n) is 4.02. The summed E-state index contributed by atoms with van der Waals surface area (Å²) in [5, 5.41) is 1.17. The SMILES string of the molecule is Cc1ccc2ncccc2c1-c1nccn1C[C@@H]1CCC[C@H](N)C1.Cl.Cl. The third-order valence-corrected chi connectivity index (χ3v) is 5.21. The van der Waals surface area contributed by atoms with Crippen molar-refractivity contribution in [2.45, 2.75) is 45.2 Å². The Morgan fingerprint density at radius 3 is 2.77 bits per heavy atom. The molecule has 0 bridgehead atoms. The summed E-state index contributed by atoms with van der Waals surface area (Å²) in [7, 11) is 0. The zero-order chi connectivity index (χ0) is 16.5. The number of aryl methyl sites for hydroxylation is 1. The number of aromatic nitrogens is 3. The molecule has 140 valence electrons. The van der Waals surface area contributed by atoms with Gasteiger partial charge in [-0.1, -0.05) is 18.6 Å². The summed E-state index contributed by atoms with van der Waals surface area (Å²) in [5.74, 6) is 1.69. The van der Waals surface area contributed by atoms with Gasteiger partial charge in [0.1, 0.15) is 5.82 Å². The zero-order valence-electron chi connectivity index (χ0n) is 15.0. The van der Waals surface area contributed by atoms with Crippen molar-refractivity contribution in [1.29, 1.82) is 0 Å². The van der Waals surface area contributed by atoms with Crippen LogP contribution in [-0.4, -0.2) is 20.6 Å². The average molecular weight is 393 g/mol. The van der Waals surface area contributed by atoms with Crippen molar-refractivity contribution in [2.24, 2.45) is 11.7 Å². The summed E-state index contributed by atoms with van der Waals surface area (Å²) in [4.78, 5) is 9.18. The van der Waals surface area contributed by atoms with E-state index in [2.05, 4.69) is 45.9 Å². The van der Waals surface area contributed by atoms with Crippen LogP contribution in [0.4, 0.5) is 0 Å². The first-order chi connectivity index (χ1) is 11.7. The van der Waals surface area contributed by atoms with Gasteiger partial charge in [0, 0.05) is 42.1 Å². The highest BCUT2D eigenvalue weighted by molar-refractivity contribution is 5.94. The summed E-state index contributed by atoms with van der Waals surface area (Å²) in [6.07, 6.45) is 10.7. The van der Waals surface area contributed by atoms with Gasteiger partial charge in [-0.05, 0) is 49.8 Å². The van der Waals surface area contributed by atoms with Crippen molar-refractivity contribution in [3.05, 3.63) is 48.4 Å². The Balaban J connectivity index is 0.00000121. The van der Waals surface area contributed by atoms with Gasteiger partial charge in [-0.25, -0.2) is 4.98 Å². The molecule has 4 rings (SSSR count). The van der Waals surface area contributed by atoms with Gasteiger partial charge in [-0.2, -0.15) is 0 Å². The molecular formula is C20H26Cl2N4. The maximum absolute atomic E-state index is 6.17. The van der Waals surface area contributed by atoms with Crippen LogP contribution in [0.5, 0.6) is 0 Å². The lowest BCUT2D eigenvalue weighted by molar-refractivity contribution is 0.291. The van der Waals surface area contributed by atoms with Gasteiger partial charge in [0.25, 0.3) is 0 Å². The lowest BCUT2D eigenvalue weighted by Gasteiger charge is -2.27. The molecule has 2 heterocycles. The Morgan fingerprint density at radius 2 is 1.96 bits per heavy atom. The number of halogens is 2. The summed E-state index contributed by atoms with van der Waals surface area (Å²) >= 11 is 0. The Hall–Kier alpha value is -1.62. The largest absolute Gasteiger partial charge is 0.331 e. The number of hydrogen-bond acceptors (Lipinski definition) is 3. The summed E-state index contributed by atoms with van der Waals surface area (Å²) < 4.78 is 2.30. The van der Waals surface area contributed by atoms with Crippen LogP contribution in [0.3, 0.4) is 0 Å². The smallest absolute Gasteiger partial charge is 0.140 e. The first-order valence-corrected chi connectivity index (χ1v) is 8.84. The van der Waals surface area contributed by atoms with Crippen LogP contribution in [-0.2, 0) is 6.54 Å². The molecular weight excluding hydrogens is 367 g/mol. The van der Waals surface area contributed by atoms with Crippen LogP contribution in [0.25, 0.3) is 22.3 Å². The van der Waals surface area contributed by atoms with Gasteiger partial charge >= 0.3 is 0 Å². The molecule has 1 aliphatic carbocycles. The van der Waals surface area contributed by atoms with Gasteiger partial charge in [0.05, 0.1) is 5.52 Å². The molecule has 26 heavy (non-hydrogen) atoms. The second-order valence-corrected chi connectivity index (χ2v) is 7.02. The number of hydrogen-bond donors (Lipinski definition) is 1. The maximum atomic E-state index is 6.17. The molecule has 6 heteroatoms.